The van der Waals surface area contributed by atoms with Gasteiger partial charge in [-0.1, -0.05) is 30.3 Å². The zero-order valence-corrected chi connectivity index (χ0v) is 20.9. The molecular weight excluding hydrogens is 520 g/mol. The van der Waals surface area contributed by atoms with Crippen molar-refractivity contribution in [2.75, 3.05) is 25.1 Å². The number of nitro benzene ring substituents is 1. The number of aromatic carboxylic acids is 1. The summed E-state index contributed by atoms with van der Waals surface area (Å²) in [5.41, 5.74) is 1.50. The summed E-state index contributed by atoms with van der Waals surface area (Å²) in [7, 11) is -2.02. The molecule has 13 nitrogen and oxygen atoms in total. The number of carbonyl (C=O) groups is 2. The van der Waals surface area contributed by atoms with Gasteiger partial charge in [-0.15, -0.1) is 0 Å². The average Bonchev–Trinajstić information content (AvgIpc) is 2.91. The van der Waals surface area contributed by atoms with Crippen LogP contribution in [0.4, 0.5) is 11.4 Å². The second kappa shape index (κ2) is 11.8. The number of hydrogen-bond donors (Lipinski definition) is 2. The maximum absolute atomic E-state index is 13.7. The molecule has 0 aliphatic heterocycles. The second-order valence-corrected chi connectivity index (χ2v) is 9.29. The molecular formula is C24H22N4O9S. The summed E-state index contributed by atoms with van der Waals surface area (Å²) in [5.74, 6) is -1.78. The first-order valence-corrected chi connectivity index (χ1v) is 12.2. The molecule has 1 amide bonds. The minimum Gasteiger partial charge on any atom is -0.497 e. The van der Waals surface area contributed by atoms with Crippen LogP contribution in [0.1, 0.15) is 15.9 Å². The SMILES string of the molecule is COc1ccc(N(CC(=O)N/N=C/c2ccccc2C(=O)O)S(=O)(=O)c2ccccc2[N+](=O)[O-])c(OC)c1. The molecule has 0 radical (unpaired) electrons. The van der Waals surface area contributed by atoms with Crippen LogP contribution in [0, 0.1) is 10.1 Å². The first-order valence-electron chi connectivity index (χ1n) is 10.7. The van der Waals surface area contributed by atoms with Gasteiger partial charge in [0, 0.05) is 17.7 Å². The molecule has 2 N–H and O–H groups in total. The van der Waals surface area contributed by atoms with Crippen LogP contribution in [0.25, 0.3) is 0 Å². The number of nitro groups is 1. The molecule has 0 aliphatic rings. The molecule has 0 atom stereocenters. The summed E-state index contributed by atoms with van der Waals surface area (Å²) in [6, 6.07) is 14.8. The Morgan fingerprint density at radius 2 is 1.76 bits per heavy atom. The summed E-state index contributed by atoms with van der Waals surface area (Å²) >= 11 is 0. The topological polar surface area (TPSA) is 178 Å². The van der Waals surface area contributed by atoms with Gasteiger partial charge in [0.25, 0.3) is 21.6 Å². The van der Waals surface area contributed by atoms with Crippen LogP contribution in [0.2, 0.25) is 0 Å². The van der Waals surface area contributed by atoms with Gasteiger partial charge in [-0.25, -0.2) is 18.6 Å². The fraction of sp³-hybridized carbons (Fsp3) is 0.125. The van der Waals surface area contributed by atoms with E-state index in [0.717, 1.165) is 18.3 Å². The first kappa shape index (κ1) is 27.6. The van der Waals surface area contributed by atoms with Crippen LogP contribution in [0.15, 0.2) is 76.7 Å². The van der Waals surface area contributed by atoms with Crippen molar-refractivity contribution in [2.45, 2.75) is 4.90 Å². The van der Waals surface area contributed by atoms with Crippen molar-refractivity contribution in [3.8, 4) is 11.5 Å². The van der Waals surface area contributed by atoms with Crippen molar-refractivity contribution in [3.63, 3.8) is 0 Å². The van der Waals surface area contributed by atoms with Gasteiger partial charge in [-0.2, -0.15) is 5.10 Å². The van der Waals surface area contributed by atoms with E-state index >= 15 is 0 Å². The lowest BCUT2D eigenvalue weighted by molar-refractivity contribution is -0.387. The molecule has 0 aliphatic carbocycles. The molecule has 0 saturated carbocycles. The van der Waals surface area contributed by atoms with Crippen molar-refractivity contribution in [3.05, 3.63) is 88.0 Å². The monoisotopic (exact) mass is 542 g/mol. The van der Waals surface area contributed by atoms with Crippen molar-refractivity contribution >= 4 is 39.5 Å². The summed E-state index contributed by atoms with van der Waals surface area (Å²) in [6.07, 6.45) is 1.09. The Bertz CT molecular complexity index is 1510. The third-order valence-corrected chi connectivity index (χ3v) is 6.96. The van der Waals surface area contributed by atoms with E-state index in [-0.39, 0.29) is 22.6 Å². The number of anilines is 1. The Balaban J connectivity index is 2.01. The number of nitrogens with zero attached hydrogens (tertiary/aromatic N) is 3. The molecule has 38 heavy (non-hydrogen) atoms. The predicted octanol–water partition coefficient (Wildman–Crippen LogP) is 2.66. The lowest BCUT2D eigenvalue weighted by Gasteiger charge is -2.25. The fourth-order valence-corrected chi connectivity index (χ4v) is 4.97. The number of hydrogen-bond acceptors (Lipinski definition) is 9. The highest BCUT2D eigenvalue weighted by molar-refractivity contribution is 7.93. The molecule has 0 heterocycles. The van der Waals surface area contributed by atoms with Crippen molar-refractivity contribution < 1.29 is 37.5 Å². The van der Waals surface area contributed by atoms with Gasteiger partial charge >= 0.3 is 5.97 Å². The minimum atomic E-state index is -4.69. The molecule has 0 bridgehead atoms. The summed E-state index contributed by atoms with van der Waals surface area (Å²) in [4.78, 5) is 34.2. The van der Waals surface area contributed by atoms with Crippen LogP contribution in [-0.4, -0.2) is 57.3 Å². The van der Waals surface area contributed by atoms with E-state index in [4.69, 9.17) is 9.47 Å². The molecule has 3 aromatic carbocycles. The van der Waals surface area contributed by atoms with E-state index < -0.39 is 44.0 Å². The molecule has 0 saturated heterocycles. The smallest absolute Gasteiger partial charge is 0.336 e. The third-order valence-electron chi connectivity index (χ3n) is 5.16. The number of hydrazone groups is 1. The van der Waals surface area contributed by atoms with Gasteiger partial charge < -0.3 is 14.6 Å². The van der Waals surface area contributed by atoms with Crippen molar-refractivity contribution in [1.29, 1.82) is 0 Å². The summed E-state index contributed by atoms with van der Waals surface area (Å²) < 4.78 is 38.4. The normalized spacial score (nSPS) is 11.1. The van der Waals surface area contributed by atoms with Crippen LogP contribution < -0.4 is 19.2 Å². The van der Waals surface area contributed by atoms with E-state index in [1.807, 2.05) is 0 Å². The number of benzene rings is 3. The van der Waals surface area contributed by atoms with Crippen molar-refractivity contribution in [2.24, 2.45) is 5.10 Å². The van der Waals surface area contributed by atoms with Crippen molar-refractivity contribution in [1.82, 2.24) is 5.43 Å². The van der Waals surface area contributed by atoms with Gasteiger partial charge in [0.05, 0.1) is 36.6 Å². The fourth-order valence-electron chi connectivity index (χ4n) is 3.38. The zero-order chi connectivity index (χ0) is 27.9. The van der Waals surface area contributed by atoms with E-state index in [1.54, 1.807) is 6.07 Å². The number of nitrogens with one attached hydrogen (secondary N) is 1. The molecule has 0 spiro atoms. The maximum Gasteiger partial charge on any atom is 0.336 e. The zero-order valence-electron chi connectivity index (χ0n) is 20.1. The number of carboxylic acids is 1. The Labute approximate surface area is 217 Å². The standard InChI is InChI=1S/C24H22N4O9S/c1-36-17-11-12-19(21(13-17)37-2)27(38(34,35)22-10-6-5-9-20(22)28(32)33)15-23(29)26-25-14-16-7-3-4-8-18(16)24(30)31/h3-14H,15H2,1-2H3,(H,26,29)(H,30,31)/b25-14+. The Hall–Kier alpha value is -4.98. The molecule has 198 valence electrons. The highest BCUT2D eigenvalue weighted by Crippen LogP contribution is 2.37. The number of ether oxygens (including phenoxy) is 2. The Kier molecular flexibility index (Phi) is 8.60. The summed E-state index contributed by atoms with van der Waals surface area (Å²) in [5, 5.41) is 24.6. The number of amides is 1. The van der Waals surface area contributed by atoms with Crippen LogP contribution in [0.5, 0.6) is 11.5 Å². The predicted molar refractivity (Wildman–Crippen MR) is 136 cm³/mol. The van der Waals surface area contributed by atoms with Gasteiger partial charge in [0.15, 0.2) is 4.90 Å². The number of rotatable bonds is 11. The molecule has 0 fully saturated rings. The van der Waals surface area contributed by atoms with Gasteiger partial charge in [-0.3, -0.25) is 19.2 Å². The number of carbonyl (C=O) groups excluding carboxylic acids is 1. The van der Waals surface area contributed by atoms with E-state index in [2.05, 4.69) is 10.5 Å². The number of para-hydroxylation sites is 1. The average molecular weight is 543 g/mol. The van der Waals surface area contributed by atoms with Gasteiger partial charge in [0.1, 0.15) is 18.0 Å². The number of carboxylic acid groups (broad SMARTS) is 1. The molecule has 14 heteroatoms. The van der Waals surface area contributed by atoms with Gasteiger partial charge in [-0.05, 0) is 24.3 Å². The van der Waals surface area contributed by atoms with E-state index in [1.165, 1.54) is 62.8 Å². The Morgan fingerprint density at radius 3 is 2.42 bits per heavy atom. The minimum absolute atomic E-state index is 0.0122. The van der Waals surface area contributed by atoms with Crippen LogP contribution in [0.3, 0.4) is 0 Å². The highest BCUT2D eigenvalue weighted by Gasteiger charge is 2.34. The molecule has 3 rings (SSSR count). The molecule has 3 aromatic rings. The van der Waals surface area contributed by atoms with E-state index in [9.17, 15) is 33.2 Å². The Morgan fingerprint density at radius 1 is 1.08 bits per heavy atom. The highest BCUT2D eigenvalue weighted by atomic mass is 32.2. The number of sulfonamides is 1. The maximum atomic E-state index is 13.7. The summed E-state index contributed by atoms with van der Waals surface area (Å²) in [6.45, 7) is -0.852. The van der Waals surface area contributed by atoms with Crippen LogP contribution in [-0.2, 0) is 14.8 Å². The van der Waals surface area contributed by atoms with Crippen LogP contribution >= 0.6 is 0 Å². The van der Waals surface area contributed by atoms with E-state index in [0.29, 0.717) is 10.1 Å². The molecule has 0 unspecified atom stereocenters. The third kappa shape index (κ3) is 6.04. The lowest BCUT2D eigenvalue weighted by atomic mass is 10.1. The quantitative estimate of drug-likeness (QED) is 0.209. The first-order chi connectivity index (χ1) is 18.1. The molecule has 0 aromatic heterocycles. The number of methoxy groups -OCH3 is 2. The lowest BCUT2D eigenvalue weighted by Crippen LogP contribution is -2.40. The van der Waals surface area contributed by atoms with Gasteiger partial charge in [0.2, 0.25) is 0 Å². The second-order valence-electron chi connectivity index (χ2n) is 7.46. The largest absolute Gasteiger partial charge is 0.497 e.